The highest BCUT2D eigenvalue weighted by atomic mass is 32.1. The molecule has 0 aliphatic rings. The molecule has 1 N–H and O–H groups in total. The van der Waals surface area contributed by atoms with Gasteiger partial charge in [-0.2, -0.15) is 12.6 Å². The highest BCUT2D eigenvalue weighted by Crippen LogP contribution is 2.20. The van der Waals surface area contributed by atoms with E-state index in [0.717, 1.165) is 0 Å². The van der Waals surface area contributed by atoms with Crippen molar-refractivity contribution in [3.05, 3.63) is 21.4 Å². The smallest absolute Gasteiger partial charge is 0.232 e. The molecule has 4 heteroatoms. The minimum Gasteiger partial charge on any atom is -0.350 e. The summed E-state index contributed by atoms with van der Waals surface area (Å²) >= 11 is 5.78. The lowest BCUT2D eigenvalue weighted by atomic mass is 10.3. The summed E-state index contributed by atoms with van der Waals surface area (Å²) in [5.74, 6) is -0.0166. The quantitative estimate of drug-likeness (QED) is 0.765. The minimum atomic E-state index is -0.239. The van der Waals surface area contributed by atoms with Crippen molar-refractivity contribution < 1.29 is 4.79 Å². The largest absolute Gasteiger partial charge is 0.350 e. The molecule has 0 radical (unpaired) electrons. The molecule has 0 fully saturated rings. The number of aryl methyl sites for hydroxylation is 2. The summed E-state index contributed by atoms with van der Waals surface area (Å²) < 4.78 is 0. The van der Waals surface area contributed by atoms with Gasteiger partial charge < -0.3 is 5.32 Å². The van der Waals surface area contributed by atoms with Gasteiger partial charge in [0.15, 0.2) is 0 Å². The molecule has 0 aromatic carbocycles. The zero-order chi connectivity index (χ0) is 10.7. The van der Waals surface area contributed by atoms with Crippen LogP contribution in [0.1, 0.15) is 22.2 Å². The Kier molecular flexibility index (Phi) is 4.01. The Morgan fingerprint density at radius 2 is 2.29 bits per heavy atom. The summed E-state index contributed by atoms with van der Waals surface area (Å²) in [7, 11) is 0. The zero-order valence-electron chi connectivity index (χ0n) is 8.63. The van der Waals surface area contributed by atoms with Crippen LogP contribution in [0.5, 0.6) is 0 Å². The van der Waals surface area contributed by atoms with E-state index in [9.17, 15) is 4.79 Å². The highest BCUT2D eigenvalue weighted by Gasteiger charge is 2.08. The third kappa shape index (κ3) is 3.03. The third-order valence-corrected chi connectivity index (χ3v) is 3.42. The number of amides is 1. The molecule has 1 unspecified atom stereocenters. The fourth-order valence-electron chi connectivity index (χ4n) is 1.06. The van der Waals surface area contributed by atoms with Gasteiger partial charge in [0.05, 0.1) is 11.8 Å². The molecule has 1 aromatic heterocycles. The van der Waals surface area contributed by atoms with Crippen LogP contribution in [0.4, 0.5) is 0 Å². The standard InChI is InChI=1S/C10H15NOS2/c1-6-4-9(14-8(6)3)5-11-10(12)7(2)13/h4,7,13H,5H2,1-3H3,(H,11,12). The molecular weight excluding hydrogens is 214 g/mol. The monoisotopic (exact) mass is 229 g/mol. The molecule has 0 saturated carbocycles. The van der Waals surface area contributed by atoms with Gasteiger partial charge in [0, 0.05) is 9.75 Å². The molecule has 1 aromatic rings. The van der Waals surface area contributed by atoms with Crippen LogP contribution < -0.4 is 5.32 Å². The summed E-state index contributed by atoms with van der Waals surface area (Å²) in [6.07, 6.45) is 0. The lowest BCUT2D eigenvalue weighted by Gasteiger charge is -2.04. The molecule has 1 rings (SSSR count). The average Bonchev–Trinajstić information content (AvgIpc) is 2.42. The Morgan fingerprint density at radius 1 is 1.64 bits per heavy atom. The first kappa shape index (κ1) is 11.6. The first-order chi connectivity index (χ1) is 6.50. The zero-order valence-corrected chi connectivity index (χ0v) is 10.3. The van der Waals surface area contributed by atoms with Crippen LogP contribution in [-0.2, 0) is 11.3 Å². The number of hydrogen-bond acceptors (Lipinski definition) is 3. The summed E-state index contributed by atoms with van der Waals surface area (Å²) in [6.45, 7) is 6.55. The van der Waals surface area contributed by atoms with Crippen molar-refractivity contribution in [2.45, 2.75) is 32.6 Å². The van der Waals surface area contributed by atoms with E-state index in [1.165, 1.54) is 15.3 Å². The van der Waals surface area contributed by atoms with Crippen LogP contribution in [0, 0.1) is 13.8 Å². The summed E-state index contributed by atoms with van der Waals surface area (Å²) in [5, 5.41) is 2.60. The van der Waals surface area contributed by atoms with Gasteiger partial charge in [-0.1, -0.05) is 0 Å². The van der Waals surface area contributed by atoms with Crippen molar-refractivity contribution in [1.82, 2.24) is 5.32 Å². The second kappa shape index (κ2) is 4.84. The van der Waals surface area contributed by atoms with E-state index >= 15 is 0 Å². The second-order valence-corrected chi connectivity index (χ2v) is 5.46. The number of carbonyl (C=O) groups is 1. The molecule has 0 saturated heterocycles. The van der Waals surface area contributed by atoms with Crippen molar-refractivity contribution in [1.29, 1.82) is 0 Å². The molecular formula is C10H15NOS2. The summed E-state index contributed by atoms with van der Waals surface area (Å²) in [4.78, 5) is 13.7. The fraction of sp³-hybridized carbons (Fsp3) is 0.500. The number of carbonyl (C=O) groups excluding carboxylic acids is 1. The van der Waals surface area contributed by atoms with Crippen LogP contribution in [0.3, 0.4) is 0 Å². The molecule has 14 heavy (non-hydrogen) atoms. The predicted octanol–water partition coefficient (Wildman–Crippen LogP) is 2.30. The maximum Gasteiger partial charge on any atom is 0.232 e. The van der Waals surface area contributed by atoms with E-state index in [4.69, 9.17) is 0 Å². The van der Waals surface area contributed by atoms with E-state index in [1.807, 2.05) is 0 Å². The number of thiophene rings is 1. The summed E-state index contributed by atoms with van der Waals surface area (Å²) in [6, 6.07) is 2.11. The highest BCUT2D eigenvalue weighted by molar-refractivity contribution is 7.81. The van der Waals surface area contributed by atoms with Crippen molar-refractivity contribution >= 4 is 29.9 Å². The molecule has 1 atom stereocenters. The van der Waals surface area contributed by atoms with Gasteiger partial charge in [-0.05, 0) is 32.4 Å². The SMILES string of the molecule is Cc1cc(CNC(=O)C(C)S)sc1C. The molecule has 0 bridgehead atoms. The lowest BCUT2D eigenvalue weighted by molar-refractivity contribution is -0.120. The van der Waals surface area contributed by atoms with E-state index < -0.39 is 0 Å². The lowest BCUT2D eigenvalue weighted by Crippen LogP contribution is -2.28. The maximum absolute atomic E-state index is 11.2. The van der Waals surface area contributed by atoms with Crippen molar-refractivity contribution in [2.75, 3.05) is 0 Å². The van der Waals surface area contributed by atoms with E-state index in [-0.39, 0.29) is 11.2 Å². The Morgan fingerprint density at radius 3 is 2.71 bits per heavy atom. The molecule has 0 aliphatic heterocycles. The number of rotatable bonds is 3. The Labute approximate surface area is 94.1 Å². The van der Waals surface area contributed by atoms with E-state index in [2.05, 4.69) is 37.9 Å². The maximum atomic E-state index is 11.2. The van der Waals surface area contributed by atoms with E-state index in [1.54, 1.807) is 18.3 Å². The van der Waals surface area contributed by atoms with Gasteiger partial charge in [0.2, 0.25) is 5.91 Å². The van der Waals surface area contributed by atoms with Crippen LogP contribution in [0.25, 0.3) is 0 Å². The molecule has 1 heterocycles. The first-order valence-electron chi connectivity index (χ1n) is 4.52. The topological polar surface area (TPSA) is 29.1 Å². The normalized spacial score (nSPS) is 12.6. The van der Waals surface area contributed by atoms with Crippen molar-refractivity contribution in [2.24, 2.45) is 0 Å². The predicted molar refractivity (Wildman–Crippen MR) is 64.1 cm³/mol. The number of hydrogen-bond donors (Lipinski definition) is 2. The first-order valence-corrected chi connectivity index (χ1v) is 5.85. The van der Waals surface area contributed by atoms with Crippen LogP contribution >= 0.6 is 24.0 Å². The second-order valence-electron chi connectivity index (χ2n) is 3.35. The van der Waals surface area contributed by atoms with Gasteiger partial charge in [0.25, 0.3) is 0 Å². The van der Waals surface area contributed by atoms with Crippen LogP contribution in [0.15, 0.2) is 6.07 Å². The van der Waals surface area contributed by atoms with Crippen LogP contribution in [0.2, 0.25) is 0 Å². The van der Waals surface area contributed by atoms with Gasteiger partial charge in [-0.3, -0.25) is 4.79 Å². The molecule has 2 nitrogen and oxygen atoms in total. The molecule has 1 amide bonds. The van der Waals surface area contributed by atoms with Gasteiger partial charge in [-0.15, -0.1) is 11.3 Å². The van der Waals surface area contributed by atoms with Crippen LogP contribution in [-0.4, -0.2) is 11.2 Å². The minimum absolute atomic E-state index is 0.0166. The number of nitrogens with one attached hydrogen (secondary N) is 1. The molecule has 0 spiro atoms. The van der Waals surface area contributed by atoms with Crippen molar-refractivity contribution in [3.8, 4) is 0 Å². The van der Waals surface area contributed by atoms with Gasteiger partial charge >= 0.3 is 0 Å². The third-order valence-electron chi connectivity index (χ3n) is 2.03. The average molecular weight is 229 g/mol. The van der Waals surface area contributed by atoms with Crippen molar-refractivity contribution in [3.63, 3.8) is 0 Å². The summed E-state index contributed by atoms with van der Waals surface area (Å²) in [5.41, 5.74) is 1.29. The Bertz CT molecular complexity index is 311. The molecule has 0 aliphatic carbocycles. The van der Waals surface area contributed by atoms with Gasteiger partial charge in [-0.25, -0.2) is 0 Å². The molecule has 78 valence electrons. The Balaban J connectivity index is 2.50. The van der Waals surface area contributed by atoms with Gasteiger partial charge in [0.1, 0.15) is 0 Å². The Hall–Kier alpha value is -0.480. The fourth-order valence-corrected chi connectivity index (χ4v) is 2.14. The number of thiol groups is 1. The van der Waals surface area contributed by atoms with E-state index in [0.29, 0.717) is 6.54 Å².